The Kier molecular flexibility index (Phi) is 5.20. The fourth-order valence-corrected chi connectivity index (χ4v) is 3.12. The standard InChI is InChI=1S/C16H17F2NOS/c1-10(19-2)16-14(20-3)5-4-6-15(16)21-11-7-8-12(17)13(18)9-11/h4-10,19H,1-3H3. The van der Waals surface area contributed by atoms with Crippen molar-refractivity contribution in [1.82, 2.24) is 5.32 Å². The molecule has 0 aliphatic rings. The lowest BCUT2D eigenvalue weighted by atomic mass is 10.1. The van der Waals surface area contributed by atoms with Gasteiger partial charge in [-0.3, -0.25) is 0 Å². The first kappa shape index (κ1) is 15.8. The van der Waals surface area contributed by atoms with E-state index in [1.54, 1.807) is 13.2 Å². The highest BCUT2D eigenvalue weighted by Gasteiger charge is 2.16. The summed E-state index contributed by atoms with van der Waals surface area (Å²) in [6, 6.07) is 9.69. The van der Waals surface area contributed by atoms with E-state index in [-0.39, 0.29) is 6.04 Å². The number of hydrogen-bond donors (Lipinski definition) is 1. The maximum atomic E-state index is 13.3. The summed E-state index contributed by atoms with van der Waals surface area (Å²) in [5.41, 5.74) is 0.997. The van der Waals surface area contributed by atoms with Crippen LogP contribution in [-0.4, -0.2) is 14.2 Å². The molecular formula is C16H17F2NOS. The molecule has 1 N–H and O–H groups in total. The number of hydrogen-bond acceptors (Lipinski definition) is 3. The van der Waals surface area contributed by atoms with Crippen LogP contribution in [0.3, 0.4) is 0 Å². The molecule has 1 atom stereocenters. The summed E-state index contributed by atoms with van der Waals surface area (Å²) in [6.07, 6.45) is 0. The van der Waals surface area contributed by atoms with Crippen LogP contribution in [-0.2, 0) is 0 Å². The van der Waals surface area contributed by atoms with Gasteiger partial charge in [-0.05, 0) is 44.3 Å². The molecule has 0 heterocycles. The van der Waals surface area contributed by atoms with Gasteiger partial charge >= 0.3 is 0 Å². The van der Waals surface area contributed by atoms with E-state index in [0.717, 1.165) is 22.3 Å². The highest BCUT2D eigenvalue weighted by atomic mass is 32.2. The van der Waals surface area contributed by atoms with Gasteiger partial charge in [0.15, 0.2) is 11.6 Å². The second-order valence-electron chi connectivity index (χ2n) is 4.56. The van der Waals surface area contributed by atoms with Crippen molar-refractivity contribution in [2.45, 2.75) is 22.8 Å². The molecule has 2 aromatic carbocycles. The minimum absolute atomic E-state index is 0.0777. The molecule has 0 aromatic heterocycles. The number of benzene rings is 2. The Labute approximate surface area is 127 Å². The van der Waals surface area contributed by atoms with Crippen molar-refractivity contribution in [2.24, 2.45) is 0 Å². The Bertz CT molecular complexity index is 634. The van der Waals surface area contributed by atoms with Crippen LogP contribution in [0.2, 0.25) is 0 Å². The van der Waals surface area contributed by atoms with Crippen molar-refractivity contribution in [3.05, 3.63) is 53.6 Å². The van der Waals surface area contributed by atoms with E-state index in [0.29, 0.717) is 4.90 Å². The third kappa shape index (κ3) is 3.54. The van der Waals surface area contributed by atoms with Gasteiger partial charge in [0, 0.05) is 21.4 Å². The largest absolute Gasteiger partial charge is 0.496 e. The minimum atomic E-state index is -0.842. The number of rotatable bonds is 5. The topological polar surface area (TPSA) is 21.3 Å². The van der Waals surface area contributed by atoms with Crippen molar-refractivity contribution in [3.63, 3.8) is 0 Å². The van der Waals surface area contributed by atoms with E-state index in [1.165, 1.54) is 17.8 Å². The van der Waals surface area contributed by atoms with Crippen LogP contribution in [0.15, 0.2) is 46.2 Å². The molecule has 112 valence electrons. The molecule has 0 aliphatic heterocycles. The number of nitrogens with one attached hydrogen (secondary N) is 1. The SMILES string of the molecule is CNC(C)c1c(OC)cccc1Sc1ccc(F)c(F)c1. The molecule has 0 radical (unpaired) electrons. The Morgan fingerprint density at radius 2 is 1.90 bits per heavy atom. The molecule has 0 saturated heterocycles. The molecule has 2 nitrogen and oxygen atoms in total. The monoisotopic (exact) mass is 309 g/mol. The van der Waals surface area contributed by atoms with Crippen molar-refractivity contribution in [1.29, 1.82) is 0 Å². The molecule has 0 spiro atoms. The van der Waals surface area contributed by atoms with Crippen molar-refractivity contribution in [3.8, 4) is 5.75 Å². The van der Waals surface area contributed by atoms with Gasteiger partial charge in [0.2, 0.25) is 0 Å². The summed E-state index contributed by atoms with van der Waals surface area (Å²) in [4.78, 5) is 1.59. The molecular weight excluding hydrogens is 292 g/mol. The van der Waals surface area contributed by atoms with Gasteiger partial charge in [0.1, 0.15) is 5.75 Å². The summed E-state index contributed by atoms with van der Waals surface area (Å²) in [7, 11) is 3.48. The van der Waals surface area contributed by atoms with E-state index in [2.05, 4.69) is 5.32 Å². The molecule has 0 bridgehead atoms. The third-order valence-electron chi connectivity index (χ3n) is 3.23. The summed E-state index contributed by atoms with van der Waals surface area (Å²) >= 11 is 1.38. The fourth-order valence-electron chi connectivity index (χ4n) is 2.03. The molecule has 0 fully saturated rings. The molecule has 0 aliphatic carbocycles. The third-order valence-corrected chi connectivity index (χ3v) is 4.30. The fraction of sp³-hybridized carbons (Fsp3) is 0.250. The van der Waals surface area contributed by atoms with Crippen LogP contribution < -0.4 is 10.1 Å². The first-order valence-corrected chi connectivity index (χ1v) is 7.35. The second-order valence-corrected chi connectivity index (χ2v) is 5.68. The lowest BCUT2D eigenvalue weighted by Crippen LogP contribution is -2.14. The van der Waals surface area contributed by atoms with Gasteiger partial charge in [0.05, 0.1) is 7.11 Å². The van der Waals surface area contributed by atoms with Gasteiger partial charge in [-0.2, -0.15) is 0 Å². The quantitative estimate of drug-likeness (QED) is 0.884. The van der Waals surface area contributed by atoms with Gasteiger partial charge in [0.25, 0.3) is 0 Å². The second kappa shape index (κ2) is 6.91. The van der Waals surface area contributed by atoms with Crippen LogP contribution >= 0.6 is 11.8 Å². The Balaban J connectivity index is 2.41. The zero-order valence-corrected chi connectivity index (χ0v) is 12.9. The molecule has 5 heteroatoms. The summed E-state index contributed by atoms with van der Waals surface area (Å²) < 4.78 is 31.7. The normalized spacial score (nSPS) is 12.2. The van der Waals surface area contributed by atoms with Crippen LogP contribution in [0, 0.1) is 11.6 Å². The number of methoxy groups -OCH3 is 1. The van der Waals surface area contributed by atoms with Gasteiger partial charge in [-0.1, -0.05) is 17.8 Å². The van der Waals surface area contributed by atoms with Gasteiger partial charge < -0.3 is 10.1 Å². The van der Waals surface area contributed by atoms with E-state index in [1.807, 2.05) is 32.2 Å². The van der Waals surface area contributed by atoms with Gasteiger partial charge in [-0.15, -0.1) is 0 Å². The van der Waals surface area contributed by atoms with Crippen molar-refractivity contribution >= 4 is 11.8 Å². The van der Waals surface area contributed by atoms with E-state index >= 15 is 0 Å². The maximum absolute atomic E-state index is 13.3. The average Bonchev–Trinajstić information content (AvgIpc) is 2.50. The van der Waals surface area contributed by atoms with Crippen LogP contribution in [0.4, 0.5) is 8.78 Å². The van der Waals surface area contributed by atoms with Crippen LogP contribution in [0.1, 0.15) is 18.5 Å². The smallest absolute Gasteiger partial charge is 0.159 e. The Morgan fingerprint density at radius 3 is 2.52 bits per heavy atom. The minimum Gasteiger partial charge on any atom is -0.496 e. The first-order chi connectivity index (χ1) is 10.1. The average molecular weight is 309 g/mol. The number of halogens is 2. The van der Waals surface area contributed by atoms with Gasteiger partial charge in [-0.25, -0.2) is 8.78 Å². The summed E-state index contributed by atoms with van der Waals surface area (Å²) in [6.45, 7) is 2.02. The van der Waals surface area contributed by atoms with E-state index in [4.69, 9.17) is 4.74 Å². The van der Waals surface area contributed by atoms with E-state index < -0.39 is 11.6 Å². The predicted molar refractivity (Wildman–Crippen MR) is 80.9 cm³/mol. The Hall–Kier alpha value is -1.59. The molecule has 2 rings (SSSR count). The lowest BCUT2D eigenvalue weighted by Gasteiger charge is -2.19. The zero-order valence-electron chi connectivity index (χ0n) is 12.1. The Morgan fingerprint density at radius 1 is 1.14 bits per heavy atom. The highest BCUT2D eigenvalue weighted by molar-refractivity contribution is 7.99. The van der Waals surface area contributed by atoms with Crippen LogP contribution in [0.5, 0.6) is 5.75 Å². The zero-order chi connectivity index (χ0) is 15.4. The molecule has 0 saturated carbocycles. The van der Waals surface area contributed by atoms with Crippen molar-refractivity contribution < 1.29 is 13.5 Å². The van der Waals surface area contributed by atoms with Crippen LogP contribution in [0.25, 0.3) is 0 Å². The molecule has 2 aromatic rings. The molecule has 0 amide bonds. The highest BCUT2D eigenvalue weighted by Crippen LogP contribution is 2.38. The lowest BCUT2D eigenvalue weighted by molar-refractivity contribution is 0.401. The maximum Gasteiger partial charge on any atom is 0.159 e. The van der Waals surface area contributed by atoms with E-state index in [9.17, 15) is 8.78 Å². The molecule has 21 heavy (non-hydrogen) atoms. The predicted octanol–water partition coefficient (Wildman–Crippen LogP) is 4.41. The number of ether oxygens (including phenoxy) is 1. The first-order valence-electron chi connectivity index (χ1n) is 6.54. The summed E-state index contributed by atoms with van der Waals surface area (Å²) in [5.74, 6) is -0.913. The van der Waals surface area contributed by atoms with Crippen molar-refractivity contribution in [2.75, 3.05) is 14.2 Å². The molecule has 1 unspecified atom stereocenters. The summed E-state index contributed by atoms with van der Waals surface area (Å²) in [5, 5.41) is 3.18.